The van der Waals surface area contributed by atoms with Gasteiger partial charge < -0.3 is 0 Å². The molecule has 102 valence electrons. The Morgan fingerprint density at radius 1 is 1.21 bits per heavy atom. The van der Waals surface area contributed by atoms with E-state index < -0.39 is 0 Å². The summed E-state index contributed by atoms with van der Waals surface area (Å²) in [6.07, 6.45) is 2.67. The SMILES string of the molecule is O=C(CN1CCN(C2CC2)CC1)c1cccc(F)c1. The first-order valence-corrected chi connectivity index (χ1v) is 6.97. The van der Waals surface area contributed by atoms with E-state index in [9.17, 15) is 9.18 Å². The zero-order valence-corrected chi connectivity index (χ0v) is 11.0. The quantitative estimate of drug-likeness (QED) is 0.773. The highest BCUT2D eigenvalue weighted by Crippen LogP contribution is 2.27. The van der Waals surface area contributed by atoms with Crippen molar-refractivity contribution in [2.45, 2.75) is 18.9 Å². The molecule has 0 aromatic heterocycles. The number of halogens is 1. The monoisotopic (exact) mass is 262 g/mol. The second kappa shape index (κ2) is 5.39. The number of piperazine rings is 1. The van der Waals surface area contributed by atoms with E-state index in [1.54, 1.807) is 12.1 Å². The molecule has 1 aliphatic heterocycles. The maximum atomic E-state index is 13.1. The number of Topliss-reactive ketones (excluding diaryl/α,β-unsaturated/α-hetero) is 1. The standard InChI is InChI=1S/C15H19FN2O/c16-13-3-1-2-12(10-13)15(19)11-17-6-8-18(9-7-17)14-4-5-14/h1-3,10,14H,4-9,11H2. The summed E-state index contributed by atoms with van der Waals surface area (Å²) in [6, 6.07) is 6.77. The van der Waals surface area contributed by atoms with Crippen LogP contribution < -0.4 is 0 Å². The Labute approximate surface area is 113 Å². The van der Waals surface area contributed by atoms with Crippen molar-refractivity contribution in [1.29, 1.82) is 0 Å². The van der Waals surface area contributed by atoms with Crippen molar-refractivity contribution in [3.63, 3.8) is 0 Å². The summed E-state index contributed by atoms with van der Waals surface area (Å²) in [7, 11) is 0. The molecule has 1 aromatic carbocycles. The van der Waals surface area contributed by atoms with Gasteiger partial charge in [0.15, 0.2) is 5.78 Å². The minimum absolute atomic E-state index is 0.0133. The maximum Gasteiger partial charge on any atom is 0.176 e. The molecule has 4 heteroatoms. The molecule has 0 spiro atoms. The molecule has 1 aliphatic carbocycles. The van der Waals surface area contributed by atoms with Gasteiger partial charge in [0, 0.05) is 37.8 Å². The highest BCUT2D eigenvalue weighted by atomic mass is 19.1. The van der Waals surface area contributed by atoms with Gasteiger partial charge in [-0.15, -0.1) is 0 Å². The highest BCUT2D eigenvalue weighted by Gasteiger charge is 2.31. The van der Waals surface area contributed by atoms with Gasteiger partial charge >= 0.3 is 0 Å². The zero-order chi connectivity index (χ0) is 13.2. The molecule has 3 rings (SSSR count). The van der Waals surface area contributed by atoms with Crippen LogP contribution >= 0.6 is 0 Å². The van der Waals surface area contributed by atoms with Gasteiger partial charge in [-0.2, -0.15) is 0 Å². The van der Waals surface area contributed by atoms with Gasteiger partial charge in [0.25, 0.3) is 0 Å². The number of benzene rings is 1. The lowest BCUT2D eigenvalue weighted by Crippen LogP contribution is -2.48. The van der Waals surface area contributed by atoms with Gasteiger partial charge in [-0.05, 0) is 25.0 Å². The number of nitrogens with zero attached hydrogens (tertiary/aromatic N) is 2. The second-order valence-electron chi connectivity index (χ2n) is 5.48. The minimum Gasteiger partial charge on any atom is -0.298 e. The van der Waals surface area contributed by atoms with Gasteiger partial charge in [0.2, 0.25) is 0 Å². The van der Waals surface area contributed by atoms with E-state index in [2.05, 4.69) is 9.80 Å². The average molecular weight is 262 g/mol. The first-order chi connectivity index (χ1) is 9.22. The summed E-state index contributed by atoms with van der Waals surface area (Å²) < 4.78 is 13.1. The fourth-order valence-corrected chi connectivity index (χ4v) is 2.68. The summed E-state index contributed by atoms with van der Waals surface area (Å²) >= 11 is 0. The Bertz CT molecular complexity index is 465. The van der Waals surface area contributed by atoms with E-state index in [0.717, 1.165) is 32.2 Å². The number of ketones is 1. The number of hydrogen-bond acceptors (Lipinski definition) is 3. The lowest BCUT2D eigenvalue weighted by atomic mass is 10.1. The fourth-order valence-electron chi connectivity index (χ4n) is 2.68. The number of carbonyl (C=O) groups excluding carboxylic acids is 1. The van der Waals surface area contributed by atoms with E-state index in [4.69, 9.17) is 0 Å². The van der Waals surface area contributed by atoms with Crippen LogP contribution in [-0.2, 0) is 0 Å². The molecule has 19 heavy (non-hydrogen) atoms. The minimum atomic E-state index is -0.343. The van der Waals surface area contributed by atoms with Crippen LogP contribution in [0.1, 0.15) is 23.2 Å². The third-order valence-electron chi connectivity index (χ3n) is 3.98. The van der Waals surface area contributed by atoms with Crippen molar-refractivity contribution in [1.82, 2.24) is 9.80 Å². The van der Waals surface area contributed by atoms with E-state index in [1.165, 1.54) is 25.0 Å². The summed E-state index contributed by atoms with van der Waals surface area (Å²) in [6.45, 7) is 4.40. The molecular formula is C15H19FN2O. The number of carbonyl (C=O) groups is 1. The molecule has 1 aromatic rings. The van der Waals surface area contributed by atoms with Crippen molar-refractivity contribution >= 4 is 5.78 Å². The lowest BCUT2D eigenvalue weighted by molar-refractivity contribution is 0.0843. The summed E-state index contributed by atoms with van der Waals surface area (Å²) in [4.78, 5) is 16.8. The third kappa shape index (κ3) is 3.19. The van der Waals surface area contributed by atoms with Gasteiger partial charge in [-0.1, -0.05) is 12.1 Å². The van der Waals surface area contributed by atoms with Crippen molar-refractivity contribution in [3.8, 4) is 0 Å². The first-order valence-electron chi connectivity index (χ1n) is 6.97. The van der Waals surface area contributed by atoms with Crippen LogP contribution in [-0.4, -0.2) is 54.3 Å². The van der Waals surface area contributed by atoms with E-state index in [1.807, 2.05) is 0 Å². The molecule has 2 fully saturated rings. The molecule has 0 atom stereocenters. The van der Waals surface area contributed by atoms with Crippen LogP contribution in [0.3, 0.4) is 0 Å². The number of hydrogen-bond donors (Lipinski definition) is 0. The molecule has 0 unspecified atom stereocenters. The van der Waals surface area contributed by atoms with Crippen LogP contribution in [0.25, 0.3) is 0 Å². The maximum absolute atomic E-state index is 13.1. The zero-order valence-electron chi connectivity index (χ0n) is 11.0. The first kappa shape index (κ1) is 12.8. The van der Waals surface area contributed by atoms with Crippen molar-refractivity contribution < 1.29 is 9.18 Å². The average Bonchev–Trinajstić information content (AvgIpc) is 3.24. The molecule has 1 heterocycles. The smallest absolute Gasteiger partial charge is 0.176 e. The van der Waals surface area contributed by atoms with E-state index >= 15 is 0 Å². The summed E-state index contributed by atoms with van der Waals surface area (Å²) in [5, 5.41) is 0. The molecule has 0 bridgehead atoms. The Morgan fingerprint density at radius 3 is 2.58 bits per heavy atom. The van der Waals surface area contributed by atoms with Crippen molar-refractivity contribution in [2.75, 3.05) is 32.7 Å². The molecule has 1 saturated heterocycles. The Morgan fingerprint density at radius 2 is 1.95 bits per heavy atom. The van der Waals surface area contributed by atoms with Crippen molar-refractivity contribution in [2.24, 2.45) is 0 Å². The van der Waals surface area contributed by atoms with Crippen LogP contribution in [0.4, 0.5) is 4.39 Å². The van der Waals surface area contributed by atoms with Crippen LogP contribution in [0.15, 0.2) is 24.3 Å². The molecule has 0 radical (unpaired) electrons. The summed E-state index contributed by atoms with van der Waals surface area (Å²) in [5.74, 6) is -0.330. The third-order valence-corrected chi connectivity index (χ3v) is 3.98. The topological polar surface area (TPSA) is 23.6 Å². The lowest BCUT2D eigenvalue weighted by Gasteiger charge is -2.34. The van der Waals surface area contributed by atoms with E-state index in [-0.39, 0.29) is 11.6 Å². The molecule has 0 amide bonds. The normalized spacial score (nSPS) is 21.5. The molecule has 0 N–H and O–H groups in total. The molecule has 1 saturated carbocycles. The van der Waals surface area contributed by atoms with Gasteiger partial charge in [0.05, 0.1) is 6.54 Å². The van der Waals surface area contributed by atoms with Gasteiger partial charge in [-0.25, -0.2) is 4.39 Å². The molecule has 3 nitrogen and oxygen atoms in total. The van der Waals surface area contributed by atoms with Gasteiger partial charge in [0.1, 0.15) is 5.82 Å². The van der Waals surface area contributed by atoms with E-state index in [0.29, 0.717) is 12.1 Å². The van der Waals surface area contributed by atoms with Crippen LogP contribution in [0.5, 0.6) is 0 Å². The molecular weight excluding hydrogens is 243 g/mol. The van der Waals surface area contributed by atoms with Gasteiger partial charge in [-0.3, -0.25) is 14.6 Å². The summed E-state index contributed by atoms with van der Waals surface area (Å²) in [5.41, 5.74) is 0.477. The highest BCUT2D eigenvalue weighted by molar-refractivity contribution is 5.97. The van der Waals surface area contributed by atoms with Crippen LogP contribution in [0, 0.1) is 5.82 Å². The fraction of sp³-hybridized carbons (Fsp3) is 0.533. The molecule has 2 aliphatic rings. The van der Waals surface area contributed by atoms with Crippen molar-refractivity contribution in [3.05, 3.63) is 35.6 Å². The Balaban J connectivity index is 1.52. The predicted octanol–water partition coefficient (Wildman–Crippen LogP) is 1.79. The number of rotatable bonds is 4. The largest absolute Gasteiger partial charge is 0.298 e. The van der Waals surface area contributed by atoms with Crippen LogP contribution in [0.2, 0.25) is 0 Å². The Hall–Kier alpha value is -1.26. The predicted molar refractivity (Wildman–Crippen MR) is 71.8 cm³/mol. The second-order valence-corrected chi connectivity index (χ2v) is 5.48. The Kier molecular flexibility index (Phi) is 3.62.